The number of benzene rings is 1. The van der Waals surface area contributed by atoms with E-state index in [4.69, 9.17) is 16.6 Å². The number of hydrogen-bond acceptors (Lipinski definition) is 1. The van der Waals surface area contributed by atoms with Crippen LogP contribution in [0.5, 0.6) is 0 Å². The molecule has 1 heterocycles. The number of imidazole rings is 1. The number of rotatable bonds is 7. The maximum absolute atomic E-state index is 5.89. The number of hydrogen-bond donors (Lipinski definition) is 0. The first-order valence-electron chi connectivity index (χ1n) is 7.22. The van der Waals surface area contributed by atoms with Gasteiger partial charge < -0.3 is 4.57 Å². The van der Waals surface area contributed by atoms with Crippen molar-refractivity contribution < 1.29 is 0 Å². The molecule has 0 aliphatic heterocycles. The fraction of sp³-hybridized carbons (Fsp3) is 0.562. The highest BCUT2D eigenvalue weighted by Crippen LogP contribution is 2.18. The molecular weight excluding hydrogens is 256 g/mol. The van der Waals surface area contributed by atoms with Gasteiger partial charge in [-0.15, -0.1) is 11.6 Å². The Balaban J connectivity index is 2.12. The molecule has 3 heteroatoms. The normalized spacial score (nSPS) is 11.6. The monoisotopic (exact) mass is 278 g/mol. The second-order valence-corrected chi connectivity index (χ2v) is 5.87. The summed E-state index contributed by atoms with van der Waals surface area (Å²) < 4.78 is 2.35. The lowest BCUT2D eigenvalue weighted by Gasteiger charge is -2.09. The zero-order valence-corrected chi connectivity index (χ0v) is 12.7. The van der Waals surface area contributed by atoms with Crippen LogP contribution in [0.4, 0.5) is 0 Å². The third kappa shape index (κ3) is 3.73. The summed E-state index contributed by atoms with van der Waals surface area (Å²) in [4.78, 5) is 4.69. The van der Waals surface area contributed by atoms with Crippen molar-refractivity contribution in [1.29, 1.82) is 0 Å². The van der Waals surface area contributed by atoms with Crippen LogP contribution in [-0.2, 0) is 13.0 Å². The van der Waals surface area contributed by atoms with Crippen LogP contribution < -0.4 is 0 Å². The summed E-state index contributed by atoms with van der Waals surface area (Å²) >= 11 is 5.89. The van der Waals surface area contributed by atoms with Gasteiger partial charge in [-0.2, -0.15) is 0 Å². The summed E-state index contributed by atoms with van der Waals surface area (Å²) in [6.07, 6.45) is 4.65. The van der Waals surface area contributed by atoms with Crippen molar-refractivity contribution in [3.8, 4) is 0 Å². The minimum Gasteiger partial charge on any atom is -0.328 e. The number of fused-ring (bicyclic) bond motifs is 1. The second-order valence-electron chi connectivity index (χ2n) is 5.50. The zero-order chi connectivity index (χ0) is 13.7. The molecule has 104 valence electrons. The lowest BCUT2D eigenvalue weighted by atomic mass is 10.1. The van der Waals surface area contributed by atoms with Crippen molar-refractivity contribution in [2.24, 2.45) is 5.92 Å². The number of para-hydroxylation sites is 2. The lowest BCUT2D eigenvalue weighted by Crippen LogP contribution is -2.05. The Bertz CT molecular complexity index is 516. The molecule has 2 nitrogen and oxygen atoms in total. The van der Waals surface area contributed by atoms with Crippen LogP contribution in [0.1, 0.15) is 38.9 Å². The smallest absolute Gasteiger partial charge is 0.111 e. The van der Waals surface area contributed by atoms with E-state index in [2.05, 4.69) is 36.6 Å². The number of nitrogens with zero attached hydrogens (tertiary/aromatic N) is 2. The van der Waals surface area contributed by atoms with E-state index in [9.17, 15) is 0 Å². The Labute approximate surface area is 120 Å². The van der Waals surface area contributed by atoms with Gasteiger partial charge in [0.15, 0.2) is 0 Å². The van der Waals surface area contributed by atoms with Crippen molar-refractivity contribution in [3.63, 3.8) is 0 Å². The van der Waals surface area contributed by atoms with Gasteiger partial charge in [-0.1, -0.05) is 38.8 Å². The fourth-order valence-electron chi connectivity index (χ4n) is 2.47. The highest BCUT2D eigenvalue weighted by molar-refractivity contribution is 6.17. The van der Waals surface area contributed by atoms with Gasteiger partial charge in [0.2, 0.25) is 0 Å². The Morgan fingerprint density at radius 2 is 2.00 bits per heavy atom. The van der Waals surface area contributed by atoms with Gasteiger partial charge in [0.25, 0.3) is 0 Å². The Morgan fingerprint density at radius 1 is 1.21 bits per heavy atom. The van der Waals surface area contributed by atoms with Gasteiger partial charge in [-0.25, -0.2) is 4.98 Å². The fourth-order valence-corrected chi connectivity index (χ4v) is 2.64. The number of halogens is 1. The van der Waals surface area contributed by atoms with Crippen molar-refractivity contribution in [3.05, 3.63) is 30.1 Å². The maximum Gasteiger partial charge on any atom is 0.111 e. The largest absolute Gasteiger partial charge is 0.328 e. The Kier molecular flexibility index (Phi) is 5.26. The molecule has 0 N–H and O–H groups in total. The Hall–Kier alpha value is -1.02. The average molecular weight is 279 g/mol. The quantitative estimate of drug-likeness (QED) is 0.533. The molecule has 2 rings (SSSR count). The van der Waals surface area contributed by atoms with Crippen LogP contribution in [0.25, 0.3) is 11.0 Å². The van der Waals surface area contributed by atoms with Crippen LogP contribution in [0.2, 0.25) is 0 Å². The molecule has 0 aliphatic rings. The summed E-state index contributed by atoms with van der Waals surface area (Å²) in [6, 6.07) is 8.36. The molecule has 0 saturated carbocycles. The second kappa shape index (κ2) is 6.95. The number of aromatic nitrogens is 2. The van der Waals surface area contributed by atoms with Gasteiger partial charge in [0.1, 0.15) is 5.82 Å². The maximum atomic E-state index is 5.89. The molecular formula is C16H23ClN2. The molecule has 0 radical (unpaired) electrons. The molecule has 0 saturated heterocycles. The van der Waals surface area contributed by atoms with E-state index in [1.54, 1.807) is 0 Å². The zero-order valence-electron chi connectivity index (χ0n) is 11.9. The number of aryl methyl sites for hydroxylation is 2. The summed E-state index contributed by atoms with van der Waals surface area (Å²) in [7, 11) is 0. The first kappa shape index (κ1) is 14.4. The molecule has 0 aliphatic carbocycles. The van der Waals surface area contributed by atoms with Gasteiger partial charge in [-0.3, -0.25) is 0 Å². The molecule has 0 fully saturated rings. The average Bonchev–Trinajstić information content (AvgIpc) is 2.73. The molecule has 0 unspecified atom stereocenters. The van der Waals surface area contributed by atoms with Crippen LogP contribution in [0.3, 0.4) is 0 Å². The van der Waals surface area contributed by atoms with Gasteiger partial charge in [0, 0.05) is 18.8 Å². The van der Waals surface area contributed by atoms with Crippen LogP contribution in [0, 0.1) is 5.92 Å². The van der Waals surface area contributed by atoms with E-state index < -0.39 is 0 Å². The molecule has 19 heavy (non-hydrogen) atoms. The molecule has 0 spiro atoms. The van der Waals surface area contributed by atoms with Crippen LogP contribution >= 0.6 is 11.6 Å². The number of alkyl halides is 1. The van der Waals surface area contributed by atoms with E-state index in [1.807, 2.05) is 6.07 Å². The van der Waals surface area contributed by atoms with Crippen LogP contribution in [-0.4, -0.2) is 15.4 Å². The van der Waals surface area contributed by atoms with Crippen molar-refractivity contribution >= 4 is 22.6 Å². The van der Waals surface area contributed by atoms with Gasteiger partial charge >= 0.3 is 0 Å². The standard InChI is InChI=1S/C16H23ClN2/c1-13(2)7-5-6-12-19-15-9-4-3-8-14(15)18-16(19)10-11-17/h3-4,8-9,13H,5-7,10-12H2,1-2H3. The van der Waals surface area contributed by atoms with Crippen molar-refractivity contribution in [1.82, 2.24) is 9.55 Å². The summed E-state index contributed by atoms with van der Waals surface area (Å²) in [5, 5.41) is 0. The minimum absolute atomic E-state index is 0.634. The molecule has 0 bridgehead atoms. The van der Waals surface area contributed by atoms with Crippen LogP contribution in [0.15, 0.2) is 24.3 Å². The predicted molar refractivity (Wildman–Crippen MR) is 82.8 cm³/mol. The summed E-state index contributed by atoms with van der Waals surface area (Å²) in [5.41, 5.74) is 2.33. The third-order valence-electron chi connectivity index (χ3n) is 3.46. The minimum atomic E-state index is 0.634. The Morgan fingerprint density at radius 3 is 2.74 bits per heavy atom. The van der Waals surface area contributed by atoms with E-state index in [1.165, 1.54) is 24.8 Å². The molecule has 0 atom stereocenters. The highest BCUT2D eigenvalue weighted by atomic mass is 35.5. The predicted octanol–water partition coefficient (Wildman–Crippen LogP) is 4.64. The SMILES string of the molecule is CC(C)CCCCn1c(CCCl)nc2ccccc21. The summed E-state index contributed by atoms with van der Waals surface area (Å²) in [6.45, 7) is 5.62. The third-order valence-corrected chi connectivity index (χ3v) is 3.65. The van der Waals surface area contributed by atoms with Crippen molar-refractivity contribution in [2.45, 2.75) is 46.1 Å². The first-order valence-corrected chi connectivity index (χ1v) is 7.76. The van der Waals surface area contributed by atoms with Gasteiger partial charge in [-0.05, 0) is 24.5 Å². The first-order chi connectivity index (χ1) is 9.22. The molecule has 2 aromatic rings. The van der Waals surface area contributed by atoms with Crippen molar-refractivity contribution in [2.75, 3.05) is 5.88 Å². The van der Waals surface area contributed by atoms with E-state index in [0.717, 1.165) is 30.2 Å². The van der Waals surface area contributed by atoms with E-state index in [-0.39, 0.29) is 0 Å². The number of unbranched alkanes of at least 4 members (excludes halogenated alkanes) is 1. The molecule has 1 aromatic carbocycles. The summed E-state index contributed by atoms with van der Waals surface area (Å²) in [5.74, 6) is 2.55. The topological polar surface area (TPSA) is 17.8 Å². The van der Waals surface area contributed by atoms with Gasteiger partial charge in [0.05, 0.1) is 11.0 Å². The lowest BCUT2D eigenvalue weighted by molar-refractivity contribution is 0.508. The molecule has 0 amide bonds. The highest BCUT2D eigenvalue weighted by Gasteiger charge is 2.09. The van der Waals surface area contributed by atoms with E-state index in [0.29, 0.717) is 5.88 Å². The van der Waals surface area contributed by atoms with E-state index >= 15 is 0 Å². The molecule has 1 aromatic heterocycles.